The first-order valence-corrected chi connectivity index (χ1v) is 11.3. The number of nitrogens with one attached hydrogen (secondary N) is 2. The minimum absolute atomic E-state index is 0.122. The Bertz CT molecular complexity index is 963. The molecule has 8 nitrogen and oxygen atoms in total. The third-order valence-corrected chi connectivity index (χ3v) is 6.07. The number of anilines is 1. The zero-order chi connectivity index (χ0) is 21.2. The van der Waals surface area contributed by atoms with E-state index in [4.69, 9.17) is 0 Å². The lowest BCUT2D eigenvalue weighted by Gasteiger charge is -2.08. The molecular weight excluding hydrogens is 420 g/mol. The topological polar surface area (TPSA) is 102 Å². The molecule has 10 heteroatoms. The number of thioether (sulfide) groups is 2. The lowest BCUT2D eigenvalue weighted by Crippen LogP contribution is -2.24. The average molecular weight is 443 g/mol. The molecule has 0 saturated heterocycles. The zero-order valence-corrected chi connectivity index (χ0v) is 18.1. The van der Waals surface area contributed by atoms with Gasteiger partial charge in [-0.1, -0.05) is 30.0 Å². The van der Waals surface area contributed by atoms with Gasteiger partial charge in [0.1, 0.15) is 0 Å². The number of aromatic nitrogens is 4. The number of carbonyl (C=O) groups is 2. The highest BCUT2D eigenvalue weighted by Gasteiger charge is 2.09. The van der Waals surface area contributed by atoms with E-state index in [1.165, 1.54) is 21.3 Å². The van der Waals surface area contributed by atoms with Crippen molar-refractivity contribution in [3.8, 4) is 0 Å². The Morgan fingerprint density at radius 1 is 1.03 bits per heavy atom. The second-order valence-corrected chi connectivity index (χ2v) is 8.38. The highest BCUT2D eigenvalue weighted by atomic mass is 32.2. The SMILES string of the molecule is Cn1nnnc1SCC(=O)Nc1ccc(C(=O)NCCCSc2ccccc2)cc1. The molecule has 1 heterocycles. The van der Waals surface area contributed by atoms with E-state index < -0.39 is 0 Å². The molecule has 30 heavy (non-hydrogen) atoms. The van der Waals surface area contributed by atoms with Crippen LogP contribution in [0.15, 0.2) is 64.6 Å². The molecule has 1 aromatic heterocycles. The molecule has 0 saturated carbocycles. The van der Waals surface area contributed by atoms with Crippen molar-refractivity contribution in [2.75, 3.05) is 23.4 Å². The summed E-state index contributed by atoms with van der Waals surface area (Å²) in [6, 6.07) is 17.0. The molecule has 2 amide bonds. The van der Waals surface area contributed by atoms with E-state index in [-0.39, 0.29) is 17.6 Å². The molecule has 3 aromatic rings. The molecule has 0 spiro atoms. The van der Waals surface area contributed by atoms with Gasteiger partial charge < -0.3 is 10.6 Å². The first-order valence-electron chi connectivity index (χ1n) is 9.33. The number of rotatable bonds is 10. The van der Waals surface area contributed by atoms with E-state index >= 15 is 0 Å². The highest BCUT2D eigenvalue weighted by molar-refractivity contribution is 7.99. The summed E-state index contributed by atoms with van der Waals surface area (Å²) in [5.74, 6) is 0.841. The van der Waals surface area contributed by atoms with Crippen LogP contribution in [0, 0.1) is 0 Å². The van der Waals surface area contributed by atoms with Crippen LogP contribution in [-0.2, 0) is 11.8 Å². The molecule has 0 unspecified atom stereocenters. The van der Waals surface area contributed by atoms with Crippen LogP contribution in [0.2, 0.25) is 0 Å². The fourth-order valence-electron chi connectivity index (χ4n) is 2.46. The Morgan fingerprint density at radius 3 is 2.50 bits per heavy atom. The molecule has 156 valence electrons. The lowest BCUT2D eigenvalue weighted by atomic mass is 10.2. The van der Waals surface area contributed by atoms with Gasteiger partial charge in [-0.2, -0.15) is 0 Å². The average Bonchev–Trinajstić information content (AvgIpc) is 3.18. The van der Waals surface area contributed by atoms with Crippen LogP contribution in [0.3, 0.4) is 0 Å². The fourth-order valence-corrected chi connectivity index (χ4v) is 3.98. The number of tetrazole rings is 1. The fraction of sp³-hybridized carbons (Fsp3) is 0.250. The predicted octanol–water partition coefficient (Wildman–Crippen LogP) is 2.85. The number of amides is 2. The number of nitrogens with zero attached hydrogens (tertiary/aromatic N) is 4. The molecule has 2 aromatic carbocycles. The molecule has 0 atom stereocenters. The van der Waals surface area contributed by atoms with E-state index in [0.29, 0.717) is 23.0 Å². The maximum atomic E-state index is 12.2. The maximum absolute atomic E-state index is 12.2. The normalized spacial score (nSPS) is 10.6. The summed E-state index contributed by atoms with van der Waals surface area (Å²) >= 11 is 3.02. The standard InChI is InChI=1S/C20H22N6O2S2/c1-26-20(23-24-25-26)30-14-18(27)22-16-10-8-15(9-11-16)19(28)21-12-5-13-29-17-6-3-2-4-7-17/h2-4,6-11H,5,12-14H2,1H3,(H,21,28)(H,22,27). The highest BCUT2D eigenvalue weighted by Crippen LogP contribution is 2.17. The van der Waals surface area contributed by atoms with Gasteiger partial charge in [0.25, 0.3) is 5.91 Å². The Morgan fingerprint density at radius 2 is 1.80 bits per heavy atom. The summed E-state index contributed by atoms with van der Waals surface area (Å²) in [4.78, 5) is 25.5. The zero-order valence-electron chi connectivity index (χ0n) is 16.4. The van der Waals surface area contributed by atoms with E-state index in [2.05, 4.69) is 38.3 Å². The maximum Gasteiger partial charge on any atom is 0.251 e. The van der Waals surface area contributed by atoms with Crippen molar-refractivity contribution in [1.82, 2.24) is 25.5 Å². The molecular formula is C20H22N6O2S2. The monoisotopic (exact) mass is 442 g/mol. The summed E-state index contributed by atoms with van der Waals surface area (Å²) in [5.41, 5.74) is 1.19. The second-order valence-electron chi connectivity index (χ2n) is 6.27. The summed E-state index contributed by atoms with van der Waals surface area (Å²) in [6.07, 6.45) is 0.887. The molecule has 0 radical (unpaired) electrons. The van der Waals surface area contributed by atoms with Crippen LogP contribution in [0.1, 0.15) is 16.8 Å². The van der Waals surface area contributed by atoms with Gasteiger partial charge >= 0.3 is 0 Å². The number of aryl methyl sites for hydroxylation is 1. The predicted molar refractivity (Wildman–Crippen MR) is 119 cm³/mol. The van der Waals surface area contributed by atoms with Gasteiger partial charge in [-0.25, -0.2) is 4.68 Å². The Kier molecular flexibility index (Phi) is 8.28. The van der Waals surface area contributed by atoms with E-state index in [1.807, 2.05) is 18.2 Å². The summed E-state index contributed by atoms with van der Waals surface area (Å²) in [7, 11) is 1.71. The van der Waals surface area contributed by atoms with Gasteiger partial charge in [-0.05, 0) is 59.0 Å². The molecule has 0 fully saturated rings. The van der Waals surface area contributed by atoms with Crippen LogP contribution in [0.4, 0.5) is 5.69 Å². The number of benzene rings is 2. The van der Waals surface area contributed by atoms with Crippen LogP contribution in [-0.4, -0.2) is 50.1 Å². The Hall–Kier alpha value is -2.85. The van der Waals surface area contributed by atoms with Crippen molar-refractivity contribution in [1.29, 1.82) is 0 Å². The molecule has 0 aliphatic rings. The molecule has 2 N–H and O–H groups in total. The van der Waals surface area contributed by atoms with Crippen molar-refractivity contribution >= 4 is 41.0 Å². The van der Waals surface area contributed by atoms with Gasteiger partial charge in [0.05, 0.1) is 5.75 Å². The van der Waals surface area contributed by atoms with Gasteiger partial charge in [0.2, 0.25) is 11.1 Å². The molecule has 0 aliphatic heterocycles. The second kappa shape index (κ2) is 11.4. The first kappa shape index (κ1) is 21.8. The minimum Gasteiger partial charge on any atom is -0.352 e. The summed E-state index contributed by atoms with van der Waals surface area (Å²) in [6.45, 7) is 0.616. The van der Waals surface area contributed by atoms with Crippen molar-refractivity contribution < 1.29 is 9.59 Å². The van der Waals surface area contributed by atoms with Gasteiger partial charge in [0.15, 0.2) is 0 Å². The Labute approximate surface area is 183 Å². The van der Waals surface area contributed by atoms with Crippen LogP contribution < -0.4 is 10.6 Å². The van der Waals surface area contributed by atoms with Crippen molar-refractivity contribution in [2.45, 2.75) is 16.5 Å². The quantitative estimate of drug-likeness (QED) is 0.368. The van der Waals surface area contributed by atoms with Crippen molar-refractivity contribution in [2.24, 2.45) is 7.05 Å². The number of carbonyl (C=O) groups excluding carboxylic acids is 2. The van der Waals surface area contributed by atoms with Gasteiger partial charge in [-0.3, -0.25) is 9.59 Å². The van der Waals surface area contributed by atoms with E-state index in [9.17, 15) is 9.59 Å². The van der Waals surface area contributed by atoms with Gasteiger partial charge in [-0.15, -0.1) is 16.9 Å². The largest absolute Gasteiger partial charge is 0.352 e. The molecule has 0 bridgehead atoms. The van der Waals surface area contributed by atoms with Crippen LogP contribution in [0.5, 0.6) is 0 Å². The Balaban J connectivity index is 1.36. The third kappa shape index (κ3) is 6.89. The number of hydrogen-bond acceptors (Lipinski definition) is 7. The van der Waals surface area contributed by atoms with E-state index in [1.54, 1.807) is 43.1 Å². The molecule has 3 rings (SSSR count). The van der Waals surface area contributed by atoms with Crippen molar-refractivity contribution in [3.05, 3.63) is 60.2 Å². The van der Waals surface area contributed by atoms with Gasteiger partial charge in [0, 0.05) is 29.7 Å². The summed E-state index contributed by atoms with van der Waals surface area (Å²) in [5, 5.41) is 17.3. The van der Waals surface area contributed by atoms with Crippen LogP contribution >= 0.6 is 23.5 Å². The minimum atomic E-state index is -0.170. The molecule has 0 aliphatic carbocycles. The number of hydrogen-bond donors (Lipinski definition) is 2. The van der Waals surface area contributed by atoms with Crippen LogP contribution in [0.25, 0.3) is 0 Å². The first-order chi connectivity index (χ1) is 14.6. The lowest BCUT2D eigenvalue weighted by molar-refractivity contribution is -0.113. The third-order valence-electron chi connectivity index (χ3n) is 3.96. The van der Waals surface area contributed by atoms with E-state index in [0.717, 1.165) is 12.2 Å². The smallest absolute Gasteiger partial charge is 0.251 e. The van der Waals surface area contributed by atoms with Crippen molar-refractivity contribution in [3.63, 3.8) is 0 Å². The summed E-state index contributed by atoms with van der Waals surface area (Å²) < 4.78 is 1.51.